The number of rotatable bonds is 9. The Labute approximate surface area is 107 Å². The zero-order valence-corrected chi connectivity index (χ0v) is 12.0. The highest BCUT2D eigenvalue weighted by Crippen LogP contribution is 2.26. The maximum Gasteiger partial charge on any atom is 0.0613 e. The van der Waals surface area contributed by atoms with E-state index in [0.29, 0.717) is 12.1 Å². The van der Waals surface area contributed by atoms with Crippen LogP contribution in [0.4, 0.5) is 0 Å². The summed E-state index contributed by atoms with van der Waals surface area (Å²) in [5, 5.41) is 13.3. The maximum atomic E-state index is 9.65. The third kappa shape index (κ3) is 4.94. The number of aliphatic hydroxyl groups excluding tert-OH is 1. The lowest BCUT2D eigenvalue weighted by Gasteiger charge is -2.33. The van der Waals surface area contributed by atoms with E-state index in [2.05, 4.69) is 38.0 Å². The Morgan fingerprint density at radius 3 is 2.47 bits per heavy atom. The van der Waals surface area contributed by atoms with E-state index in [1.807, 2.05) is 0 Å². The fourth-order valence-corrected chi connectivity index (χ4v) is 2.17. The molecule has 0 radical (unpaired) electrons. The van der Waals surface area contributed by atoms with Crippen LogP contribution in [0.2, 0.25) is 0 Å². The standard InChI is InChI=1S/C14H30N2O/c1-5-14(11-17,15-13-7-8-13)9-6-10-16(4)12(2)3/h12-13,15,17H,5-11H2,1-4H3. The second-order valence-electron chi connectivity index (χ2n) is 5.89. The summed E-state index contributed by atoms with van der Waals surface area (Å²) in [4.78, 5) is 2.37. The summed E-state index contributed by atoms with van der Waals surface area (Å²) in [7, 11) is 2.17. The van der Waals surface area contributed by atoms with Crippen molar-refractivity contribution in [2.75, 3.05) is 20.2 Å². The van der Waals surface area contributed by atoms with Gasteiger partial charge < -0.3 is 15.3 Å². The van der Waals surface area contributed by atoms with Gasteiger partial charge in [-0.3, -0.25) is 0 Å². The van der Waals surface area contributed by atoms with Crippen LogP contribution in [0.3, 0.4) is 0 Å². The molecular weight excluding hydrogens is 212 g/mol. The molecule has 0 aromatic heterocycles. The van der Waals surface area contributed by atoms with Crippen LogP contribution in [0.1, 0.15) is 52.9 Å². The summed E-state index contributed by atoms with van der Waals surface area (Å²) in [6.45, 7) is 8.01. The van der Waals surface area contributed by atoms with Crippen LogP contribution in [-0.4, -0.2) is 47.8 Å². The van der Waals surface area contributed by atoms with E-state index in [0.717, 1.165) is 25.8 Å². The van der Waals surface area contributed by atoms with Gasteiger partial charge in [0.1, 0.15) is 0 Å². The molecule has 0 amide bonds. The van der Waals surface area contributed by atoms with Crippen molar-refractivity contribution in [1.29, 1.82) is 0 Å². The number of aliphatic hydroxyl groups is 1. The third-order valence-corrected chi connectivity index (χ3v) is 4.11. The number of hydrogen-bond donors (Lipinski definition) is 2. The molecule has 17 heavy (non-hydrogen) atoms. The van der Waals surface area contributed by atoms with Gasteiger partial charge >= 0.3 is 0 Å². The maximum absolute atomic E-state index is 9.65. The molecular formula is C14H30N2O. The first-order chi connectivity index (χ1) is 8.03. The minimum Gasteiger partial charge on any atom is -0.394 e. The molecule has 2 N–H and O–H groups in total. The fraction of sp³-hybridized carbons (Fsp3) is 1.00. The van der Waals surface area contributed by atoms with Gasteiger partial charge in [-0.05, 0) is 59.5 Å². The van der Waals surface area contributed by atoms with Crippen molar-refractivity contribution in [2.45, 2.75) is 70.5 Å². The van der Waals surface area contributed by atoms with E-state index in [4.69, 9.17) is 0 Å². The average Bonchev–Trinajstić information content (AvgIpc) is 3.11. The fourth-order valence-electron chi connectivity index (χ4n) is 2.17. The lowest BCUT2D eigenvalue weighted by atomic mass is 9.91. The van der Waals surface area contributed by atoms with Crippen molar-refractivity contribution in [3.05, 3.63) is 0 Å². The van der Waals surface area contributed by atoms with Crippen LogP contribution in [0.5, 0.6) is 0 Å². The minimum absolute atomic E-state index is 0.0288. The molecule has 1 fully saturated rings. The SMILES string of the molecule is CCC(CO)(CCCN(C)C(C)C)NC1CC1. The largest absolute Gasteiger partial charge is 0.394 e. The predicted octanol–water partition coefficient (Wildman–Crippen LogP) is 2.00. The lowest BCUT2D eigenvalue weighted by molar-refractivity contribution is 0.136. The molecule has 0 aromatic carbocycles. The second kappa shape index (κ2) is 6.72. The molecule has 0 aromatic rings. The number of nitrogens with zero attached hydrogens (tertiary/aromatic N) is 1. The molecule has 1 unspecified atom stereocenters. The molecule has 1 atom stereocenters. The third-order valence-electron chi connectivity index (χ3n) is 4.11. The number of nitrogens with one attached hydrogen (secondary N) is 1. The molecule has 0 spiro atoms. The molecule has 1 aliphatic rings. The van der Waals surface area contributed by atoms with Gasteiger partial charge in [-0.2, -0.15) is 0 Å². The van der Waals surface area contributed by atoms with Crippen LogP contribution < -0.4 is 5.32 Å². The van der Waals surface area contributed by atoms with Crippen molar-refractivity contribution >= 4 is 0 Å². The normalized spacial score (nSPS) is 19.9. The van der Waals surface area contributed by atoms with Gasteiger partial charge in [0, 0.05) is 17.6 Å². The summed E-state index contributed by atoms with van der Waals surface area (Å²) >= 11 is 0. The molecule has 1 aliphatic carbocycles. The Morgan fingerprint density at radius 1 is 1.41 bits per heavy atom. The van der Waals surface area contributed by atoms with E-state index < -0.39 is 0 Å². The summed E-state index contributed by atoms with van der Waals surface area (Å²) in [6.07, 6.45) is 5.82. The van der Waals surface area contributed by atoms with Gasteiger partial charge in [0.2, 0.25) is 0 Å². The Morgan fingerprint density at radius 2 is 2.06 bits per heavy atom. The average molecular weight is 242 g/mol. The highest BCUT2D eigenvalue weighted by Gasteiger charge is 2.33. The van der Waals surface area contributed by atoms with E-state index in [9.17, 15) is 5.11 Å². The predicted molar refractivity (Wildman–Crippen MR) is 73.3 cm³/mol. The van der Waals surface area contributed by atoms with Gasteiger partial charge in [0.15, 0.2) is 0 Å². The molecule has 0 heterocycles. The zero-order chi connectivity index (χ0) is 12.9. The molecule has 1 saturated carbocycles. The van der Waals surface area contributed by atoms with Crippen molar-refractivity contribution in [3.63, 3.8) is 0 Å². The topological polar surface area (TPSA) is 35.5 Å². The van der Waals surface area contributed by atoms with Crippen LogP contribution in [0, 0.1) is 0 Å². The van der Waals surface area contributed by atoms with Crippen LogP contribution in [0.15, 0.2) is 0 Å². The molecule has 1 rings (SSSR count). The first-order valence-corrected chi connectivity index (χ1v) is 7.12. The monoisotopic (exact) mass is 242 g/mol. The molecule has 3 nitrogen and oxygen atoms in total. The van der Waals surface area contributed by atoms with Gasteiger partial charge in [0.25, 0.3) is 0 Å². The molecule has 0 bridgehead atoms. The molecule has 0 aliphatic heterocycles. The molecule has 0 saturated heterocycles. The number of hydrogen-bond acceptors (Lipinski definition) is 3. The summed E-state index contributed by atoms with van der Waals surface area (Å²) in [5.41, 5.74) is -0.0288. The van der Waals surface area contributed by atoms with Crippen molar-refractivity contribution in [3.8, 4) is 0 Å². The quantitative estimate of drug-likeness (QED) is 0.649. The Balaban J connectivity index is 2.32. The van der Waals surface area contributed by atoms with Crippen LogP contribution >= 0.6 is 0 Å². The van der Waals surface area contributed by atoms with E-state index in [1.54, 1.807) is 0 Å². The van der Waals surface area contributed by atoms with E-state index in [-0.39, 0.29) is 12.1 Å². The van der Waals surface area contributed by atoms with Crippen molar-refractivity contribution in [2.24, 2.45) is 0 Å². The Kier molecular flexibility index (Phi) is 5.90. The van der Waals surface area contributed by atoms with Gasteiger partial charge in [-0.25, -0.2) is 0 Å². The van der Waals surface area contributed by atoms with Crippen molar-refractivity contribution < 1.29 is 5.11 Å². The Hall–Kier alpha value is -0.120. The van der Waals surface area contributed by atoms with Gasteiger partial charge in [-0.15, -0.1) is 0 Å². The van der Waals surface area contributed by atoms with Gasteiger partial charge in [0.05, 0.1) is 6.61 Å². The van der Waals surface area contributed by atoms with Crippen molar-refractivity contribution in [1.82, 2.24) is 10.2 Å². The van der Waals surface area contributed by atoms with Crippen LogP contribution in [-0.2, 0) is 0 Å². The lowest BCUT2D eigenvalue weighted by Crippen LogP contribution is -2.49. The van der Waals surface area contributed by atoms with E-state index in [1.165, 1.54) is 12.8 Å². The first kappa shape index (κ1) is 14.9. The zero-order valence-electron chi connectivity index (χ0n) is 12.0. The summed E-state index contributed by atoms with van der Waals surface area (Å²) < 4.78 is 0. The highest BCUT2D eigenvalue weighted by molar-refractivity contribution is 4.94. The van der Waals surface area contributed by atoms with E-state index >= 15 is 0 Å². The minimum atomic E-state index is -0.0288. The smallest absolute Gasteiger partial charge is 0.0613 e. The highest BCUT2D eigenvalue weighted by atomic mass is 16.3. The second-order valence-corrected chi connectivity index (χ2v) is 5.89. The summed E-state index contributed by atoms with van der Waals surface area (Å²) in [5.74, 6) is 0. The molecule has 102 valence electrons. The molecule has 3 heteroatoms. The Bertz CT molecular complexity index is 210. The summed E-state index contributed by atoms with van der Waals surface area (Å²) in [6, 6.07) is 1.28. The first-order valence-electron chi connectivity index (χ1n) is 7.12. The van der Waals surface area contributed by atoms with Gasteiger partial charge in [-0.1, -0.05) is 6.92 Å². The van der Waals surface area contributed by atoms with Crippen LogP contribution in [0.25, 0.3) is 0 Å².